The zero-order valence-corrected chi connectivity index (χ0v) is 11.9. The van der Waals surface area contributed by atoms with Crippen LogP contribution in [-0.4, -0.2) is 24.0 Å². The molecule has 7 heteroatoms. The van der Waals surface area contributed by atoms with Crippen LogP contribution in [0.1, 0.15) is 12.5 Å². The van der Waals surface area contributed by atoms with Crippen molar-refractivity contribution < 1.29 is 8.42 Å². The van der Waals surface area contributed by atoms with Gasteiger partial charge in [0, 0.05) is 11.2 Å². The van der Waals surface area contributed by atoms with Gasteiger partial charge in [-0.15, -0.1) is 0 Å². The number of benzene rings is 1. The Bertz CT molecular complexity index is 650. The standard InChI is InChI=1S/C12H14ClN3O2S/c1-2-19(17,18)15-12-7-14-16(9-12)8-10-3-5-11(13)6-4-10/h3-7,9,15H,2,8H2,1H3. The van der Waals surface area contributed by atoms with Gasteiger partial charge in [0.25, 0.3) is 0 Å². The first-order valence-electron chi connectivity index (χ1n) is 5.76. The average molecular weight is 300 g/mol. The molecule has 1 aromatic carbocycles. The summed E-state index contributed by atoms with van der Waals surface area (Å²) in [5.74, 6) is 0.0371. The topological polar surface area (TPSA) is 64.0 Å². The molecular formula is C12H14ClN3O2S. The Balaban J connectivity index is 2.07. The van der Waals surface area contributed by atoms with Crippen LogP contribution in [0.5, 0.6) is 0 Å². The predicted molar refractivity (Wildman–Crippen MR) is 75.9 cm³/mol. The predicted octanol–water partition coefficient (Wildman–Crippen LogP) is 2.35. The van der Waals surface area contributed by atoms with Crippen molar-refractivity contribution in [3.63, 3.8) is 0 Å². The van der Waals surface area contributed by atoms with Gasteiger partial charge in [-0.2, -0.15) is 5.10 Å². The van der Waals surface area contributed by atoms with Crippen LogP contribution in [0.15, 0.2) is 36.7 Å². The molecule has 0 bridgehead atoms. The van der Waals surface area contributed by atoms with Crippen molar-refractivity contribution in [1.29, 1.82) is 0 Å². The van der Waals surface area contributed by atoms with E-state index < -0.39 is 10.0 Å². The molecular weight excluding hydrogens is 286 g/mol. The summed E-state index contributed by atoms with van der Waals surface area (Å²) in [7, 11) is -3.26. The van der Waals surface area contributed by atoms with Crippen LogP contribution in [-0.2, 0) is 16.6 Å². The summed E-state index contributed by atoms with van der Waals surface area (Å²) >= 11 is 5.81. The van der Waals surface area contributed by atoms with Gasteiger partial charge in [0.2, 0.25) is 10.0 Å². The molecule has 19 heavy (non-hydrogen) atoms. The summed E-state index contributed by atoms with van der Waals surface area (Å²) in [4.78, 5) is 0. The van der Waals surface area contributed by atoms with E-state index >= 15 is 0 Å². The molecule has 1 N–H and O–H groups in total. The number of aromatic nitrogens is 2. The first-order valence-corrected chi connectivity index (χ1v) is 7.79. The molecule has 102 valence electrons. The molecule has 2 aromatic rings. The van der Waals surface area contributed by atoms with E-state index in [9.17, 15) is 8.42 Å². The summed E-state index contributed by atoms with van der Waals surface area (Å²) in [6.45, 7) is 2.14. The highest BCUT2D eigenvalue weighted by Crippen LogP contribution is 2.12. The summed E-state index contributed by atoms with van der Waals surface area (Å²) in [5.41, 5.74) is 1.51. The Morgan fingerprint density at radius 3 is 2.63 bits per heavy atom. The van der Waals surface area contributed by atoms with Gasteiger partial charge < -0.3 is 0 Å². The van der Waals surface area contributed by atoms with Crippen LogP contribution < -0.4 is 4.72 Å². The normalized spacial score (nSPS) is 11.5. The van der Waals surface area contributed by atoms with Gasteiger partial charge in [0.1, 0.15) is 0 Å². The molecule has 0 amide bonds. The lowest BCUT2D eigenvalue weighted by molar-refractivity contribution is 0.602. The molecule has 0 aliphatic heterocycles. The van der Waals surface area contributed by atoms with Gasteiger partial charge in [-0.25, -0.2) is 8.42 Å². The second kappa shape index (κ2) is 5.63. The summed E-state index contributed by atoms with van der Waals surface area (Å²) in [6.07, 6.45) is 3.14. The van der Waals surface area contributed by atoms with Crippen molar-refractivity contribution in [2.24, 2.45) is 0 Å². The number of anilines is 1. The second-order valence-corrected chi connectivity index (χ2v) is 6.51. The van der Waals surface area contributed by atoms with Gasteiger partial charge in [-0.3, -0.25) is 9.40 Å². The smallest absolute Gasteiger partial charge is 0.232 e. The van der Waals surface area contributed by atoms with E-state index in [1.165, 1.54) is 6.20 Å². The highest BCUT2D eigenvalue weighted by Gasteiger charge is 2.08. The molecule has 0 aliphatic carbocycles. The number of sulfonamides is 1. The number of rotatable bonds is 5. The fraction of sp³-hybridized carbons (Fsp3) is 0.250. The number of hydrogen-bond acceptors (Lipinski definition) is 3. The molecule has 1 heterocycles. The van der Waals surface area contributed by atoms with Crippen molar-refractivity contribution >= 4 is 27.3 Å². The van der Waals surface area contributed by atoms with Gasteiger partial charge in [0.05, 0.1) is 24.2 Å². The molecule has 0 atom stereocenters. The Morgan fingerprint density at radius 2 is 2.00 bits per heavy atom. The third kappa shape index (κ3) is 3.97. The van der Waals surface area contributed by atoms with E-state index in [-0.39, 0.29) is 5.75 Å². The SMILES string of the molecule is CCS(=O)(=O)Nc1cnn(Cc2ccc(Cl)cc2)c1. The van der Waals surface area contributed by atoms with Crippen molar-refractivity contribution in [1.82, 2.24) is 9.78 Å². The van der Waals surface area contributed by atoms with Gasteiger partial charge in [-0.05, 0) is 24.6 Å². The molecule has 5 nitrogen and oxygen atoms in total. The van der Waals surface area contributed by atoms with E-state index in [4.69, 9.17) is 11.6 Å². The lowest BCUT2D eigenvalue weighted by atomic mass is 10.2. The molecule has 0 radical (unpaired) electrons. The van der Waals surface area contributed by atoms with E-state index in [1.807, 2.05) is 12.1 Å². The minimum atomic E-state index is -3.26. The average Bonchev–Trinajstić information content (AvgIpc) is 2.79. The van der Waals surface area contributed by atoms with Crippen molar-refractivity contribution in [3.8, 4) is 0 Å². The van der Waals surface area contributed by atoms with Gasteiger partial charge in [-0.1, -0.05) is 23.7 Å². The Kier molecular flexibility index (Phi) is 4.11. The molecule has 0 fully saturated rings. The van der Waals surface area contributed by atoms with Crippen molar-refractivity contribution in [3.05, 3.63) is 47.2 Å². The summed E-state index contributed by atoms with van der Waals surface area (Å²) < 4.78 is 26.9. The molecule has 0 aliphatic rings. The Hall–Kier alpha value is -1.53. The minimum absolute atomic E-state index is 0.0371. The highest BCUT2D eigenvalue weighted by atomic mass is 35.5. The molecule has 0 saturated heterocycles. The lowest BCUT2D eigenvalue weighted by Crippen LogP contribution is -2.14. The summed E-state index contributed by atoms with van der Waals surface area (Å²) in [5, 5.41) is 4.79. The molecule has 2 rings (SSSR count). The molecule has 0 saturated carbocycles. The van der Waals surface area contributed by atoms with Crippen LogP contribution >= 0.6 is 11.6 Å². The molecule has 0 spiro atoms. The van der Waals surface area contributed by atoms with Crippen molar-refractivity contribution in [2.75, 3.05) is 10.5 Å². The largest absolute Gasteiger partial charge is 0.280 e. The number of nitrogens with one attached hydrogen (secondary N) is 1. The molecule has 1 aromatic heterocycles. The zero-order chi connectivity index (χ0) is 13.9. The Labute approximate surface area is 117 Å². The fourth-order valence-electron chi connectivity index (χ4n) is 1.53. The van der Waals surface area contributed by atoms with Crippen molar-refractivity contribution in [2.45, 2.75) is 13.5 Å². The molecule has 0 unspecified atom stereocenters. The number of hydrogen-bond donors (Lipinski definition) is 1. The van der Waals surface area contributed by atoms with Crippen LogP contribution in [0.2, 0.25) is 5.02 Å². The maximum atomic E-state index is 11.4. The van der Waals surface area contributed by atoms with Crippen LogP contribution in [0.4, 0.5) is 5.69 Å². The number of halogens is 1. The fourth-order valence-corrected chi connectivity index (χ4v) is 2.27. The second-order valence-electron chi connectivity index (χ2n) is 4.06. The number of nitrogens with zero attached hydrogens (tertiary/aromatic N) is 2. The van der Waals surface area contributed by atoms with E-state index in [1.54, 1.807) is 29.9 Å². The maximum Gasteiger partial charge on any atom is 0.232 e. The van der Waals surface area contributed by atoms with Crippen LogP contribution in [0, 0.1) is 0 Å². The van der Waals surface area contributed by atoms with Gasteiger partial charge >= 0.3 is 0 Å². The van der Waals surface area contributed by atoms with Gasteiger partial charge in [0.15, 0.2) is 0 Å². The first-order chi connectivity index (χ1) is 8.98. The quantitative estimate of drug-likeness (QED) is 0.921. The van der Waals surface area contributed by atoms with Crippen LogP contribution in [0.3, 0.4) is 0 Å². The zero-order valence-electron chi connectivity index (χ0n) is 10.4. The monoisotopic (exact) mass is 299 g/mol. The minimum Gasteiger partial charge on any atom is -0.280 e. The maximum absolute atomic E-state index is 11.4. The van der Waals surface area contributed by atoms with E-state index in [0.29, 0.717) is 17.3 Å². The van der Waals surface area contributed by atoms with E-state index in [0.717, 1.165) is 5.56 Å². The van der Waals surface area contributed by atoms with E-state index in [2.05, 4.69) is 9.82 Å². The first kappa shape index (κ1) is 13.9. The Morgan fingerprint density at radius 1 is 1.32 bits per heavy atom. The third-order valence-electron chi connectivity index (χ3n) is 2.54. The highest BCUT2D eigenvalue weighted by molar-refractivity contribution is 7.92. The summed E-state index contributed by atoms with van der Waals surface area (Å²) in [6, 6.07) is 7.42. The van der Waals surface area contributed by atoms with Crippen LogP contribution in [0.25, 0.3) is 0 Å². The third-order valence-corrected chi connectivity index (χ3v) is 4.10. The lowest BCUT2D eigenvalue weighted by Gasteiger charge is -2.03.